The fourth-order valence-corrected chi connectivity index (χ4v) is 2.24. The van der Waals surface area contributed by atoms with Gasteiger partial charge >= 0.3 is 5.97 Å². The van der Waals surface area contributed by atoms with Crippen molar-refractivity contribution in [1.29, 1.82) is 0 Å². The van der Waals surface area contributed by atoms with Crippen molar-refractivity contribution in [2.45, 2.75) is 13.5 Å². The van der Waals surface area contributed by atoms with Crippen LogP contribution in [-0.4, -0.2) is 22.7 Å². The van der Waals surface area contributed by atoms with Crippen LogP contribution in [0, 0.1) is 6.92 Å². The van der Waals surface area contributed by atoms with Crippen molar-refractivity contribution in [2.75, 3.05) is 11.4 Å². The third-order valence-electron chi connectivity index (χ3n) is 3.13. The number of nitrogens with zero attached hydrogens (tertiary/aromatic N) is 1. The molecular formula is C16H16ClNO3. The Morgan fingerprint density at radius 3 is 2.48 bits per heavy atom. The standard InChI is InChI=1S/C16H16ClNO3/c1-11-2-5-14(6-3-11)18(10-16(20)21)9-12-8-13(17)4-7-15(12)19/h2-8,19H,9-10H2,1H3,(H,20,21). The van der Waals surface area contributed by atoms with Gasteiger partial charge in [-0.1, -0.05) is 29.3 Å². The highest BCUT2D eigenvalue weighted by Crippen LogP contribution is 2.25. The maximum absolute atomic E-state index is 11.1. The molecule has 0 fully saturated rings. The normalized spacial score (nSPS) is 10.4. The van der Waals surface area contributed by atoms with Crippen molar-refractivity contribution in [1.82, 2.24) is 0 Å². The van der Waals surface area contributed by atoms with Crippen LogP contribution in [0.1, 0.15) is 11.1 Å². The van der Waals surface area contributed by atoms with Gasteiger partial charge in [0.25, 0.3) is 0 Å². The van der Waals surface area contributed by atoms with Gasteiger partial charge in [0, 0.05) is 22.8 Å². The van der Waals surface area contributed by atoms with E-state index in [0.29, 0.717) is 10.6 Å². The van der Waals surface area contributed by atoms with Crippen molar-refractivity contribution in [3.63, 3.8) is 0 Å². The van der Waals surface area contributed by atoms with E-state index in [9.17, 15) is 9.90 Å². The van der Waals surface area contributed by atoms with Gasteiger partial charge in [-0.2, -0.15) is 0 Å². The van der Waals surface area contributed by atoms with Gasteiger partial charge in [-0.25, -0.2) is 0 Å². The molecule has 0 atom stereocenters. The minimum atomic E-state index is -0.933. The van der Waals surface area contributed by atoms with Gasteiger partial charge in [0.05, 0.1) is 0 Å². The van der Waals surface area contributed by atoms with E-state index in [1.165, 1.54) is 6.07 Å². The number of hydrogen-bond donors (Lipinski definition) is 2. The largest absolute Gasteiger partial charge is 0.508 e. The van der Waals surface area contributed by atoms with E-state index in [1.807, 2.05) is 31.2 Å². The monoisotopic (exact) mass is 305 g/mol. The summed E-state index contributed by atoms with van der Waals surface area (Å²) in [6.07, 6.45) is 0. The lowest BCUT2D eigenvalue weighted by Gasteiger charge is -2.23. The van der Waals surface area contributed by atoms with E-state index in [2.05, 4.69) is 0 Å². The molecule has 0 amide bonds. The number of anilines is 1. The fourth-order valence-electron chi connectivity index (χ4n) is 2.04. The second kappa shape index (κ2) is 6.50. The number of aryl methyl sites for hydroxylation is 1. The molecule has 0 aliphatic carbocycles. The van der Waals surface area contributed by atoms with Crippen molar-refractivity contribution in [3.05, 3.63) is 58.6 Å². The smallest absolute Gasteiger partial charge is 0.323 e. The molecule has 2 aromatic carbocycles. The Morgan fingerprint density at radius 2 is 1.86 bits per heavy atom. The Balaban J connectivity index is 2.30. The number of carbonyl (C=O) groups is 1. The zero-order chi connectivity index (χ0) is 15.4. The van der Waals surface area contributed by atoms with Crippen LogP contribution in [0.4, 0.5) is 5.69 Å². The van der Waals surface area contributed by atoms with Gasteiger partial charge in [0.2, 0.25) is 0 Å². The zero-order valence-electron chi connectivity index (χ0n) is 11.6. The summed E-state index contributed by atoms with van der Waals surface area (Å²) >= 11 is 5.93. The van der Waals surface area contributed by atoms with Crippen molar-refractivity contribution in [2.24, 2.45) is 0 Å². The molecule has 0 unspecified atom stereocenters. The lowest BCUT2D eigenvalue weighted by atomic mass is 10.1. The Labute approximate surface area is 128 Å². The molecular weight excluding hydrogens is 290 g/mol. The minimum Gasteiger partial charge on any atom is -0.508 e. The molecule has 4 nitrogen and oxygen atoms in total. The summed E-state index contributed by atoms with van der Waals surface area (Å²) in [4.78, 5) is 12.7. The number of carboxylic acid groups (broad SMARTS) is 1. The second-order valence-electron chi connectivity index (χ2n) is 4.86. The molecule has 110 valence electrons. The molecule has 2 N–H and O–H groups in total. The summed E-state index contributed by atoms with van der Waals surface area (Å²) in [6, 6.07) is 12.3. The quantitative estimate of drug-likeness (QED) is 0.888. The van der Waals surface area contributed by atoms with Gasteiger partial charge in [-0.05, 0) is 37.3 Å². The highest BCUT2D eigenvalue weighted by Gasteiger charge is 2.13. The molecule has 0 heterocycles. The first kappa shape index (κ1) is 15.2. The van der Waals surface area contributed by atoms with Gasteiger partial charge in [0.15, 0.2) is 0 Å². The average molecular weight is 306 g/mol. The zero-order valence-corrected chi connectivity index (χ0v) is 12.3. The summed E-state index contributed by atoms with van der Waals surface area (Å²) in [5, 5.41) is 19.4. The number of aromatic hydroxyl groups is 1. The maximum atomic E-state index is 11.1. The van der Waals surface area contributed by atoms with Crippen LogP contribution in [0.25, 0.3) is 0 Å². The first-order chi connectivity index (χ1) is 9.95. The highest BCUT2D eigenvalue weighted by atomic mass is 35.5. The van der Waals surface area contributed by atoms with Crippen LogP contribution >= 0.6 is 11.6 Å². The molecule has 5 heteroatoms. The topological polar surface area (TPSA) is 60.8 Å². The second-order valence-corrected chi connectivity index (χ2v) is 5.29. The SMILES string of the molecule is Cc1ccc(N(CC(=O)O)Cc2cc(Cl)ccc2O)cc1. The van der Waals surface area contributed by atoms with E-state index >= 15 is 0 Å². The van der Waals surface area contributed by atoms with E-state index in [-0.39, 0.29) is 18.8 Å². The van der Waals surface area contributed by atoms with E-state index in [0.717, 1.165) is 11.3 Å². The molecule has 0 saturated heterocycles. The van der Waals surface area contributed by atoms with Crippen LogP contribution in [0.2, 0.25) is 5.02 Å². The van der Waals surface area contributed by atoms with Crippen LogP contribution < -0.4 is 4.90 Å². The lowest BCUT2D eigenvalue weighted by molar-refractivity contribution is -0.135. The van der Waals surface area contributed by atoms with E-state index in [4.69, 9.17) is 16.7 Å². The van der Waals surface area contributed by atoms with Crippen molar-refractivity contribution >= 4 is 23.3 Å². The Kier molecular flexibility index (Phi) is 4.70. The van der Waals surface area contributed by atoms with Gasteiger partial charge < -0.3 is 15.1 Å². The third-order valence-corrected chi connectivity index (χ3v) is 3.36. The number of phenols is 1. The molecule has 21 heavy (non-hydrogen) atoms. The maximum Gasteiger partial charge on any atom is 0.323 e. The third kappa shape index (κ3) is 4.13. The highest BCUT2D eigenvalue weighted by molar-refractivity contribution is 6.30. The van der Waals surface area contributed by atoms with Gasteiger partial charge in [-0.15, -0.1) is 0 Å². The molecule has 0 spiro atoms. The van der Waals surface area contributed by atoms with Crippen molar-refractivity contribution < 1.29 is 15.0 Å². The Morgan fingerprint density at radius 1 is 1.19 bits per heavy atom. The van der Waals surface area contributed by atoms with Crippen molar-refractivity contribution in [3.8, 4) is 5.75 Å². The molecule has 0 radical (unpaired) electrons. The predicted octanol–water partition coefficient (Wildman–Crippen LogP) is 3.45. The van der Waals surface area contributed by atoms with Gasteiger partial charge in [-0.3, -0.25) is 4.79 Å². The molecule has 2 aromatic rings. The molecule has 0 aromatic heterocycles. The molecule has 0 bridgehead atoms. The summed E-state index contributed by atoms with van der Waals surface area (Å²) < 4.78 is 0. The fraction of sp³-hybridized carbons (Fsp3) is 0.188. The van der Waals surface area contributed by atoms with Crippen LogP contribution in [0.5, 0.6) is 5.75 Å². The first-order valence-electron chi connectivity index (χ1n) is 6.46. The summed E-state index contributed by atoms with van der Waals surface area (Å²) in [7, 11) is 0. The number of phenolic OH excluding ortho intramolecular Hbond substituents is 1. The molecule has 2 rings (SSSR count). The number of benzene rings is 2. The molecule has 0 aliphatic rings. The Hall–Kier alpha value is -2.20. The predicted molar refractivity (Wildman–Crippen MR) is 83.0 cm³/mol. The molecule has 0 saturated carbocycles. The summed E-state index contributed by atoms with van der Waals surface area (Å²) in [5.41, 5.74) is 2.46. The minimum absolute atomic E-state index is 0.0990. The number of rotatable bonds is 5. The Bertz CT molecular complexity index is 640. The van der Waals surface area contributed by atoms with Crippen LogP contribution in [0.15, 0.2) is 42.5 Å². The molecule has 0 aliphatic heterocycles. The number of hydrogen-bond acceptors (Lipinski definition) is 3. The first-order valence-corrected chi connectivity index (χ1v) is 6.84. The van der Waals surface area contributed by atoms with Gasteiger partial charge in [0.1, 0.15) is 12.3 Å². The van der Waals surface area contributed by atoms with Crippen LogP contribution in [0.3, 0.4) is 0 Å². The average Bonchev–Trinajstić information content (AvgIpc) is 2.42. The van der Waals surface area contributed by atoms with Crippen LogP contribution in [-0.2, 0) is 11.3 Å². The summed E-state index contributed by atoms with van der Waals surface area (Å²) in [6.45, 7) is 2.07. The van der Waals surface area contributed by atoms with E-state index in [1.54, 1.807) is 17.0 Å². The lowest BCUT2D eigenvalue weighted by Crippen LogP contribution is -2.29. The van der Waals surface area contributed by atoms with E-state index < -0.39 is 5.97 Å². The number of aliphatic carboxylic acids is 1. The number of carboxylic acids is 1. The summed E-state index contributed by atoms with van der Waals surface area (Å²) in [5.74, 6) is -0.834. The number of halogens is 1.